The van der Waals surface area contributed by atoms with Crippen molar-refractivity contribution >= 4 is 11.6 Å². The zero-order chi connectivity index (χ0) is 17.3. The fourth-order valence-corrected chi connectivity index (χ4v) is 2.46. The summed E-state index contributed by atoms with van der Waals surface area (Å²) in [7, 11) is 0. The number of nitrogens with one attached hydrogen (secondary N) is 2. The number of hydrogen-bond donors (Lipinski definition) is 2. The summed E-state index contributed by atoms with van der Waals surface area (Å²) in [5.74, 6) is -0.141. The van der Waals surface area contributed by atoms with Gasteiger partial charge >= 0.3 is 6.18 Å². The maximum Gasteiger partial charge on any atom is 0.390 e. The minimum Gasteiger partial charge on any atom is -0.356 e. The van der Waals surface area contributed by atoms with E-state index in [4.69, 9.17) is 5.41 Å². The smallest absolute Gasteiger partial charge is 0.356 e. The third-order valence-corrected chi connectivity index (χ3v) is 3.59. The molecule has 1 amide bonds. The van der Waals surface area contributed by atoms with Crippen LogP contribution in [0.3, 0.4) is 0 Å². The van der Waals surface area contributed by atoms with Gasteiger partial charge in [0.2, 0.25) is 5.91 Å². The van der Waals surface area contributed by atoms with E-state index in [-0.39, 0.29) is 12.8 Å². The zero-order valence-electron chi connectivity index (χ0n) is 13.9. The van der Waals surface area contributed by atoms with Gasteiger partial charge in [-0.25, -0.2) is 0 Å². The average molecular weight is 320 g/mol. The lowest BCUT2D eigenvalue weighted by Gasteiger charge is -2.20. The van der Waals surface area contributed by atoms with Gasteiger partial charge in [-0.2, -0.15) is 13.2 Å². The van der Waals surface area contributed by atoms with Crippen LogP contribution in [-0.4, -0.2) is 24.3 Å². The standard InChI is InChI=1S/C16H27F3N2O/c1-5-12(6-2)15(11(3)4)13(20)7-8-14(22)21-10-9-16(17,18)19/h12,20H,5-10H2,1-4H3,(H,21,22). The SMILES string of the molecule is CCC(CC)C(C(=N)CCC(=O)NCCC(F)(F)F)=C(C)C. The maximum atomic E-state index is 12.0. The summed E-state index contributed by atoms with van der Waals surface area (Å²) in [4.78, 5) is 11.5. The molecule has 0 aliphatic heterocycles. The highest BCUT2D eigenvalue weighted by Gasteiger charge is 2.26. The molecule has 0 aromatic carbocycles. The third kappa shape index (κ3) is 8.20. The van der Waals surface area contributed by atoms with Crippen LogP contribution in [0.15, 0.2) is 11.1 Å². The first kappa shape index (κ1) is 20.7. The molecule has 22 heavy (non-hydrogen) atoms. The Morgan fingerprint density at radius 1 is 1.14 bits per heavy atom. The van der Waals surface area contributed by atoms with Crippen molar-refractivity contribution in [2.45, 2.75) is 66.0 Å². The van der Waals surface area contributed by atoms with Crippen LogP contribution in [0.25, 0.3) is 0 Å². The van der Waals surface area contributed by atoms with Crippen molar-refractivity contribution in [1.29, 1.82) is 5.41 Å². The number of carbonyl (C=O) groups excluding carboxylic acids is 1. The van der Waals surface area contributed by atoms with Gasteiger partial charge in [0.1, 0.15) is 0 Å². The van der Waals surface area contributed by atoms with Crippen molar-refractivity contribution < 1.29 is 18.0 Å². The summed E-state index contributed by atoms with van der Waals surface area (Å²) in [6.07, 6.45) is -3.12. The van der Waals surface area contributed by atoms with Gasteiger partial charge in [-0.15, -0.1) is 0 Å². The highest BCUT2D eigenvalue weighted by atomic mass is 19.4. The molecule has 0 rings (SSSR count). The van der Waals surface area contributed by atoms with Crippen molar-refractivity contribution in [3.05, 3.63) is 11.1 Å². The Labute approximate surface area is 130 Å². The molecule has 128 valence electrons. The van der Waals surface area contributed by atoms with E-state index in [0.29, 0.717) is 11.6 Å². The summed E-state index contributed by atoms with van der Waals surface area (Å²) in [5, 5.41) is 10.4. The second kappa shape index (κ2) is 9.64. The van der Waals surface area contributed by atoms with E-state index >= 15 is 0 Å². The molecular weight excluding hydrogens is 293 g/mol. The first-order chi connectivity index (χ1) is 10.1. The zero-order valence-corrected chi connectivity index (χ0v) is 13.9. The van der Waals surface area contributed by atoms with Crippen LogP contribution < -0.4 is 5.32 Å². The summed E-state index contributed by atoms with van der Waals surface area (Å²) in [6.45, 7) is 7.62. The summed E-state index contributed by atoms with van der Waals surface area (Å²) in [6, 6.07) is 0. The lowest BCUT2D eigenvalue weighted by atomic mass is 9.86. The molecule has 0 fully saturated rings. The second-order valence-electron chi connectivity index (χ2n) is 5.62. The molecule has 0 saturated carbocycles. The first-order valence-corrected chi connectivity index (χ1v) is 7.70. The monoisotopic (exact) mass is 320 g/mol. The molecule has 2 N–H and O–H groups in total. The lowest BCUT2D eigenvalue weighted by Crippen LogP contribution is -2.28. The number of carbonyl (C=O) groups is 1. The van der Waals surface area contributed by atoms with Crippen LogP contribution in [0.2, 0.25) is 0 Å². The molecule has 0 saturated heterocycles. The highest BCUT2D eigenvalue weighted by molar-refractivity contribution is 6.00. The van der Waals surface area contributed by atoms with Crippen molar-refractivity contribution in [3.63, 3.8) is 0 Å². The molecule has 0 bridgehead atoms. The molecule has 0 aliphatic rings. The van der Waals surface area contributed by atoms with E-state index < -0.39 is 25.0 Å². The van der Waals surface area contributed by atoms with E-state index in [0.717, 1.165) is 24.0 Å². The molecule has 0 aliphatic carbocycles. The largest absolute Gasteiger partial charge is 0.390 e. The molecule has 0 aromatic rings. The van der Waals surface area contributed by atoms with E-state index in [1.54, 1.807) is 0 Å². The second-order valence-corrected chi connectivity index (χ2v) is 5.62. The molecule has 0 spiro atoms. The van der Waals surface area contributed by atoms with Crippen LogP contribution in [0.4, 0.5) is 13.2 Å². The van der Waals surface area contributed by atoms with E-state index in [2.05, 4.69) is 19.2 Å². The van der Waals surface area contributed by atoms with E-state index in [1.165, 1.54) is 0 Å². The summed E-state index contributed by atoms with van der Waals surface area (Å²) < 4.78 is 36.0. The number of halogens is 3. The Hall–Kier alpha value is -1.33. The number of allylic oxidation sites excluding steroid dienone is 2. The Morgan fingerprint density at radius 2 is 1.68 bits per heavy atom. The molecule has 3 nitrogen and oxygen atoms in total. The highest BCUT2D eigenvalue weighted by Crippen LogP contribution is 2.24. The van der Waals surface area contributed by atoms with Crippen LogP contribution in [0.1, 0.15) is 59.8 Å². The van der Waals surface area contributed by atoms with Gasteiger partial charge in [-0.1, -0.05) is 19.4 Å². The summed E-state index contributed by atoms with van der Waals surface area (Å²) >= 11 is 0. The minimum atomic E-state index is -4.26. The van der Waals surface area contributed by atoms with E-state index in [9.17, 15) is 18.0 Å². The molecule has 0 heterocycles. The number of rotatable bonds is 9. The predicted octanol–water partition coefficient (Wildman–Crippen LogP) is 4.63. The number of hydrogen-bond acceptors (Lipinski definition) is 2. The predicted molar refractivity (Wildman–Crippen MR) is 83.1 cm³/mol. The fourth-order valence-electron chi connectivity index (χ4n) is 2.46. The molecule has 0 radical (unpaired) electrons. The minimum absolute atomic E-state index is 0.0492. The van der Waals surface area contributed by atoms with Gasteiger partial charge in [0.25, 0.3) is 0 Å². The molecule has 0 aromatic heterocycles. The van der Waals surface area contributed by atoms with Gasteiger partial charge in [0, 0.05) is 18.7 Å². The molecule has 6 heteroatoms. The topological polar surface area (TPSA) is 53.0 Å². The van der Waals surface area contributed by atoms with Gasteiger partial charge < -0.3 is 10.7 Å². The summed E-state index contributed by atoms with van der Waals surface area (Å²) in [5.41, 5.74) is 2.46. The normalized spacial score (nSPS) is 11.5. The van der Waals surface area contributed by atoms with Crippen LogP contribution in [0, 0.1) is 11.3 Å². The van der Waals surface area contributed by atoms with E-state index in [1.807, 2.05) is 13.8 Å². The van der Waals surface area contributed by atoms with Crippen LogP contribution in [-0.2, 0) is 4.79 Å². The van der Waals surface area contributed by atoms with Crippen molar-refractivity contribution in [3.8, 4) is 0 Å². The quantitative estimate of drug-likeness (QED) is 0.598. The molecule has 0 unspecified atom stereocenters. The number of amides is 1. The van der Waals surface area contributed by atoms with Crippen molar-refractivity contribution in [2.24, 2.45) is 5.92 Å². The Balaban J connectivity index is 4.42. The lowest BCUT2D eigenvalue weighted by molar-refractivity contribution is -0.135. The third-order valence-electron chi connectivity index (χ3n) is 3.59. The van der Waals surface area contributed by atoms with Gasteiger partial charge in [-0.05, 0) is 44.6 Å². The van der Waals surface area contributed by atoms with Crippen molar-refractivity contribution in [1.82, 2.24) is 5.32 Å². The van der Waals surface area contributed by atoms with Crippen LogP contribution >= 0.6 is 0 Å². The van der Waals surface area contributed by atoms with Gasteiger partial charge in [-0.3, -0.25) is 4.79 Å². The van der Waals surface area contributed by atoms with Crippen molar-refractivity contribution in [2.75, 3.05) is 6.54 Å². The number of alkyl halides is 3. The maximum absolute atomic E-state index is 12.0. The molecule has 0 atom stereocenters. The van der Waals surface area contributed by atoms with Gasteiger partial charge in [0.15, 0.2) is 0 Å². The average Bonchev–Trinajstić information content (AvgIpc) is 2.40. The Kier molecular flexibility index (Phi) is 9.06. The molecular formula is C16H27F3N2O. The van der Waals surface area contributed by atoms with Crippen LogP contribution in [0.5, 0.6) is 0 Å². The van der Waals surface area contributed by atoms with Gasteiger partial charge in [0.05, 0.1) is 6.42 Å². The Morgan fingerprint density at radius 3 is 2.09 bits per heavy atom. The Bertz CT molecular complexity index is 406. The first-order valence-electron chi connectivity index (χ1n) is 7.70. The fraction of sp³-hybridized carbons (Fsp3) is 0.750.